The van der Waals surface area contributed by atoms with Crippen molar-refractivity contribution in [2.75, 3.05) is 6.61 Å². The number of hydrogen-bond acceptors (Lipinski definition) is 2. The highest BCUT2D eigenvalue weighted by Crippen LogP contribution is 2.15. The average Bonchev–Trinajstić information content (AvgIpc) is 2.24. The minimum Gasteiger partial charge on any atom is -0.465 e. The number of esters is 1. The molecule has 0 aliphatic carbocycles. The molecule has 86 valence electrons. The first-order valence-electron chi connectivity index (χ1n) is 5.86. The maximum absolute atomic E-state index is 11.6. The predicted octanol–water partition coefficient (Wildman–Crippen LogP) is 3.16. The van der Waals surface area contributed by atoms with E-state index in [9.17, 15) is 4.79 Å². The Labute approximate surface area is 93.4 Å². The van der Waals surface area contributed by atoms with Gasteiger partial charge in [-0.1, -0.05) is 26.7 Å². The zero-order chi connectivity index (χ0) is 11.5. The van der Waals surface area contributed by atoms with Crippen LogP contribution in [0, 0.1) is 18.3 Å². The number of carbonyl (C=O) groups excluding carboxylic acids is 1. The first-order valence-corrected chi connectivity index (χ1v) is 5.86. The summed E-state index contributed by atoms with van der Waals surface area (Å²) in [6.45, 7) is 4.65. The van der Waals surface area contributed by atoms with E-state index in [4.69, 9.17) is 11.2 Å². The number of carbonyl (C=O) groups is 1. The fourth-order valence-corrected chi connectivity index (χ4v) is 1.54. The van der Waals surface area contributed by atoms with Crippen LogP contribution >= 0.6 is 0 Å². The van der Waals surface area contributed by atoms with E-state index in [1.165, 1.54) is 0 Å². The Morgan fingerprint density at radius 3 is 2.40 bits per heavy atom. The molecule has 0 rings (SSSR count). The molecule has 0 aromatic carbocycles. The fourth-order valence-electron chi connectivity index (χ4n) is 1.54. The fraction of sp³-hybridized carbons (Fsp3) is 0.769. The van der Waals surface area contributed by atoms with Crippen LogP contribution in [0.15, 0.2) is 0 Å². The number of hydrogen-bond donors (Lipinski definition) is 0. The third kappa shape index (κ3) is 7.02. The average molecular weight is 210 g/mol. The third-order valence-corrected chi connectivity index (χ3v) is 2.32. The quantitative estimate of drug-likeness (QED) is 0.349. The van der Waals surface area contributed by atoms with Gasteiger partial charge >= 0.3 is 5.97 Å². The predicted molar refractivity (Wildman–Crippen MR) is 62.3 cm³/mol. The van der Waals surface area contributed by atoms with Gasteiger partial charge in [-0.25, -0.2) is 0 Å². The molecule has 0 aliphatic rings. The molecule has 0 fully saturated rings. The highest BCUT2D eigenvalue weighted by molar-refractivity contribution is 5.72. The Kier molecular flexibility index (Phi) is 8.96. The molecule has 0 amide bonds. The molecular weight excluding hydrogens is 188 g/mol. The molecule has 0 aromatic rings. The van der Waals surface area contributed by atoms with E-state index in [0.29, 0.717) is 13.0 Å². The van der Waals surface area contributed by atoms with E-state index in [1.807, 2.05) is 0 Å². The lowest BCUT2D eigenvalue weighted by atomic mass is 9.99. The van der Waals surface area contributed by atoms with Crippen LogP contribution in [0.4, 0.5) is 0 Å². The van der Waals surface area contributed by atoms with Gasteiger partial charge in [0.25, 0.3) is 0 Å². The molecule has 0 spiro atoms. The molecular formula is C13H22O2. The van der Waals surface area contributed by atoms with Crippen molar-refractivity contribution in [3.05, 3.63) is 0 Å². The number of unbranched alkanes of at least 4 members (excludes halogenated alkanes) is 1. The van der Waals surface area contributed by atoms with Crippen LogP contribution < -0.4 is 0 Å². The Morgan fingerprint density at radius 2 is 1.93 bits per heavy atom. The third-order valence-electron chi connectivity index (χ3n) is 2.32. The monoisotopic (exact) mass is 210 g/mol. The van der Waals surface area contributed by atoms with E-state index in [1.54, 1.807) is 0 Å². The summed E-state index contributed by atoms with van der Waals surface area (Å²) in [5.41, 5.74) is 0. The van der Waals surface area contributed by atoms with Crippen molar-refractivity contribution in [1.29, 1.82) is 0 Å². The summed E-state index contributed by atoms with van der Waals surface area (Å²) in [5, 5.41) is 0. The lowest BCUT2D eigenvalue weighted by molar-refractivity contribution is -0.149. The van der Waals surface area contributed by atoms with Gasteiger partial charge in [0.2, 0.25) is 0 Å². The Morgan fingerprint density at radius 1 is 1.33 bits per heavy atom. The van der Waals surface area contributed by atoms with Gasteiger partial charge in [-0.05, 0) is 19.3 Å². The maximum Gasteiger partial charge on any atom is 0.308 e. The van der Waals surface area contributed by atoms with Crippen LogP contribution in [0.2, 0.25) is 0 Å². The first kappa shape index (κ1) is 14.0. The molecule has 0 bridgehead atoms. The van der Waals surface area contributed by atoms with Crippen molar-refractivity contribution >= 4 is 5.97 Å². The molecule has 0 saturated heterocycles. The van der Waals surface area contributed by atoms with Crippen LogP contribution in [0.1, 0.15) is 52.4 Å². The Balaban J connectivity index is 3.76. The van der Waals surface area contributed by atoms with Gasteiger partial charge in [-0.3, -0.25) is 4.79 Å². The molecule has 0 radical (unpaired) electrons. The minimum atomic E-state index is -0.0456. The van der Waals surface area contributed by atoms with Crippen molar-refractivity contribution in [1.82, 2.24) is 0 Å². The molecule has 0 heterocycles. The molecule has 2 heteroatoms. The molecule has 0 N–H and O–H groups in total. The van der Waals surface area contributed by atoms with Crippen molar-refractivity contribution in [3.8, 4) is 12.3 Å². The highest BCUT2D eigenvalue weighted by Gasteiger charge is 2.17. The van der Waals surface area contributed by atoms with E-state index in [-0.39, 0.29) is 11.9 Å². The van der Waals surface area contributed by atoms with Gasteiger partial charge in [0, 0.05) is 6.42 Å². The SMILES string of the molecule is C#CCCCOC(=O)C(CCC)CCC. The van der Waals surface area contributed by atoms with Gasteiger partial charge in [0.05, 0.1) is 12.5 Å². The summed E-state index contributed by atoms with van der Waals surface area (Å²) in [7, 11) is 0. The van der Waals surface area contributed by atoms with E-state index < -0.39 is 0 Å². The van der Waals surface area contributed by atoms with Crippen LogP contribution in [-0.2, 0) is 9.53 Å². The summed E-state index contributed by atoms with van der Waals surface area (Å²) < 4.78 is 5.18. The molecule has 15 heavy (non-hydrogen) atoms. The summed E-state index contributed by atoms with van der Waals surface area (Å²) in [6.07, 6.45) is 10.5. The largest absolute Gasteiger partial charge is 0.465 e. The molecule has 0 aromatic heterocycles. The zero-order valence-electron chi connectivity index (χ0n) is 9.92. The van der Waals surface area contributed by atoms with Crippen LogP contribution in [-0.4, -0.2) is 12.6 Å². The van der Waals surface area contributed by atoms with Gasteiger partial charge in [0.15, 0.2) is 0 Å². The minimum absolute atomic E-state index is 0.0456. The molecule has 2 nitrogen and oxygen atoms in total. The summed E-state index contributed by atoms with van der Waals surface area (Å²) in [6, 6.07) is 0. The van der Waals surface area contributed by atoms with Gasteiger partial charge < -0.3 is 4.74 Å². The summed E-state index contributed by atoms with van der Waals surface area (Å²) in [5.74, 6) is 2.57. The maximum atomic E-state index is 11.6. The number of terminal acetylenes is 1. The second-order valence-corrected chi connectivity index (χ2v) is 3.75. The lowest BCUT2D eigenvalue weighted by Crippen LogP contribution is -2.18. The van der Waals surface area contributed by atoms with Gasteiger partial charge in [0.1, 0.15) is 0 Å². The Hall–Kier alpha value is -0.970. The molecule has 0 atom stereocenters. The van der Waals surface area contributed by atoms with E-state index >= 15 is 0 Å². The second kappa shape index (κ2) is 9.58. The molecule has 0 unspecified atom stereocenters. The molecule has 0 saturated carbocycles. The van der Waals surface area contributed by atoms with Gasteiger partial charge in [-0.15, -0.1) is 12.3 Å². The van der Waals surface area contributed by atoms with Gasteiger partial charge in [-0.2, -0.15) is 0 Å². The van der Waals surface area contributed by atoms with E-state index in [0.717, 1.165) is 32.1 Å². The zero-order valence-corrected chi connectivity index (χ0v) is 9.92. The van der Waals surface area contributed by atoms with Crippen LogP contribution in [0.3, 0.4) is 0 Å². The van der Waals surface area contributed by atoms with E-state index in [2.05, 4.69) is 19.8 Å². The van der Waals surface area contributed by atoms with Crippen LogP contribution in [0.5, 0.6) is 0 Å². The Bertz CT molecular complexity index is 197. The topological polar surface area (TPSA) is 26.3 Å². The number of rotatable bonds is 8. The second-order valence-electron chi connectivity index (χ2n) is 3.75. The van der Waals surface area contributed by atoms with Crippen molar-refractivity contribution < 1.29 is 9.53 Å². The standard InChI is InChI=1S/C13H22O2/c1-4-7-8-11-15-13(14)12(9-5-2)10-6-3/h1,12H,5-11H2,2-3H3. The van der Waals surface area contributed by atoms with Crippen molar-refractivity contribution in [3.63, 3.8) is 0 Å². The smallest absolute Gasteiger partial charge is 0.308 e. The lowest BCUT2D eigenvalue weighted by Gasteiger charge is -2.13. The number of ether oxygens (including phenoxy) is 1. The van der Waals surface area contributed by atoms with Crippen LogP contribution in [0.25, 0.3) is 0 Å². The highest BCUT2D eigenvalue weighted by atomic mass is 16.5. The summed E-state index contributed by atoms with van der Waals surface area (Å²) >= 11 is 0. The normalized spacial score (nSPS) is 10.0. The first-order chi connectivity index (χ1) is 7.26. The molecule has 0 aliphatic heterocycles. The van der Waals surface area contributed by atoms with Crippen molar-refractivity contribution in [2.45, 2.75) is 52.4 Å². The summed E-state index contributed by atoms with van der Waals surface area (Å²) in [4.78, 5) is 11.6. The van der Waals surface area contributed by atoms with Crippen molar-refractivity contribution in [2.24, 2.45) is 5.92 Å².